The number of benzene rings is 1. The van der Waals surface area contributed by atoms with Crippen LogP contribution in [-0.2, 0) is 30.1 Å². The Morgan fingerprint density at radius 3 is 2.53 bits per heavy atom. The van der Waals surface area contributed by atoms with Crippen LogP contribution in [0.3, 0.4) is 0 Å². The summed E-state index contributed by atoms with van der Waals surface area (Å²) in [6, 6.07) is 4.85. The van der Waals surface area contributed by atoms with E-state index in [0.717, 1.165) is 11.3 Å². The summed E-state index contributed by atoms with van der Waals surface area (Å²) in [6.45, 7) is 0.442. The van der Waals surface area contributed by atoms with Crippen molar-refractivity contribution < 1.29 is 22.7 Å². The summed E-state index contributed by atoms with van der Waals surface area (Å²) in [7, 11) is -2.33. The number of carbonyl (C=O) groups is 2. The molecule has 0 saturated carbocycles. The van der Waals surface area contributed by atoms with Crippen molar-refractivity contribution >= 4 is 73.3 Å². The van der Waals surface area contributed by atoms with E-state index in [1.54, 1.807) is 18.2 Å². The number of amides is 1. The van der Waals surface area contributed by atoms with Crippen molar-refractivity contribution in [1.29, 1.82) is 0 Å². The number of ether oxygens (including phenoxy) is 1. The van der Waals surface area contributed by atoms with Gasteiger partial charge < -0.3 is 10.1 Å². The molecule has 0 radical (unpaired) electrons. The molecule has 9 nitrogen and oxygen atoms in total. The van der Waals surface area contributed by atoms with E-state index in [1.807, 2.05) is 0 Å². The van der Waals surface area contributed by atoms with Crippen LogP contribution in [0, 0.1) is 5.92 Å². The maximum atomic E-state index is 12.8. The van der Waals surface area contributed by atoms with E-state index in [2.05, 4.69) is 20.3 Å². The molecule has 0 aliphatic carbocycles. The van der Waals surface area contributed by atoms with Crippen molar-refractivity contribution in [3.05, 3.63) is 33.8 Å². The normalized spacial score (nSPS) is 15.5. The molecule has 174 valence electrons. The molecule has 0 spiro atoms. The van der Waals surface area contributed by atoms with Crippen molar-refractivity contribution in [1.82, 2.24) is 14.5 Å². The molecule has 1 aromatic carbocycles. The fourth-order valence-corrected chi connectivity index (χ4v) is 6.95. The van der Waals surface area contributed by atoms with Crippen LogP contribution < -0.4 is 5.32 Å². The molecule has 14 heteroatoms. The highest BCUT2D eigenvalue weighted by molar-refractivity contribution is 8.01. The van der Waals surface area contributed by atoms with E-state index in [4.69, 9.17) is 23.2 Å². The molecule has 3 rings (SSSR count). The number of halogens is 2. The molecule has 0 unspecified atom stereocenters. The highest BCUT2D eigenvalue weighted by Crippen LogP contribution is 2.30. The number of hydrogen-bond donors (Lipinski definition) is 1. The Kier molecular flexibility index (Phi) is 8.75. The number of piperidine rings is 1. The van der Waals surface area contributed by atoms with Crippen molar-refractivity contribution in [2.24, 2.45) is 5.92 Å². The zero-order chi connectivity index (χ0) is 23.3. The van der Waals surface area contributed by atoms with Gasteiger partial charge in [0.15, 0.2) is 4.34 Å². The first-order valence-electron chi connectivity index (χ1n) is 9.44. The molecule has 2 aromatic rings. The number of rotatable bonds is 8. The first-order chi connectivity index (χ1) is 15.2. The number of carbonyl (C=O) groups excluding carboxylic acids is 2. The molecule has 1 aromatic heterocycles. The van der Waals surface area contributed by atoms with Crippen LogP contribution in [0.1, 0.15) is 18.4 Å². The number of nitrogens with one attached hydrogen (secondary N) is 1. The lowest BCUT2D eigenvalue weighted by Gasteiger charge is -2.30. The predicted octanol–water partition coefficient (Wildman–Crippen LogP) is 3.29. The Bertz CT molecular complexity index is 1070. The van der Waals surface area contributed by atoms with Gasteiger partial charge in [-0.3, -0.25) is 9.59 Å². The van der Waals surface area contributed by atoms with E-state index in [1.165, 1.54) is 23.2 Å². The summed E-state index contributed by atoms with van der Waals surface area (Å²) in [5, 5.41) is 11.5. The topological polar surface area (TPSA) is 119 Å². The Morgan fingerprint density at radius 2 is 1.91 bits per heavy atom. The molecular weight excluding hydrogens is 519 g/mol. The van der Waals surface area contributed by atoms with Gasteiger partial charge >= 0.3 is 5.97 Å². The molecule has 0 atom stereocenters. The minimum Gasteiger partial charge on any atom is -0.468 e. The second-order valence-corrected chi connectivity index (χ2v) is 11.8. The van der Waals surface area contributed by atoms with Crippen LogP contribution in [0.25, 0.3) is 0 Å². The number of esters is 1. The van der Waals surface area contributed by atoms with Crippen molar-refractivity contribution in [2.45, 2.75) is 22.9 Å². The van der Waals surface area contributed by atoms with Gasteiger partial charge in [0.1, 0.15) is 0 Å². The zero-order valence-corrected chi connectivity index (χ0v) is 20.9. The molecule has 1 amide bonds. The molecule has 0 bridgehead atoms. The highest BCUT2D eigenvalue weighted by Gasteiger charge is 2.32. The molecule has 1 N–H and O–H groups in total. The number of aromatic nitrogens is 2. The number of hydrogen-bond acceptors (Lipinski definition) is 9. The number of thioether (sulfide) groups is 1. The van der Waals surface area contributed by atoms with Crippen LogP contribution in [0.2, 0.25) is 10.0 Å². The summed E-state index contributed by atoms with van der Waals surface area (Å²) in [5.74, 6) is -1.16. The summed E-state index contributed by atoms with van der Waals surface area (Å²) in [5.41, 5.74) is 0.368. The third kappa shape index (κ3) is 6.55. The molecule has 2 heterocycles. The minimum absolute atomic E-state index is 0.103. The Hall–Kier alpha value is -1.44. The molecule has 1 aliphatic heterocycles. The molecular formula is C18H20Cl2N4O5S3. The molecule has 1 aliphatic rings. The van der Waals surface area contributed by atoms with Gasteiger partial charge in [-0.25, -0.2) is 12.7 Å². The Morgan fingerprint density at radius 1 is 1.25 bits per heavy atom. The van der Waals surface area contributed by atoms with Gasteiger partial charge in [0, 0.05) is 34.6 Å². The van der Waals surface area contributed by atoms with E-state index >= 15 is 0 Å². The van der Waals surface area contributed by atoms with Crippen LogP contribution in [-0.4, -0.2) is 60.7 Å². The van der Waals surface area contributed by atoms with E-state index in [0.29, 0.717) is 37.9 Å². The number of nitrogens with zero attached hydrogens (tertiary/aromatic N) is 3. The third-order valence-corrected chi connectivity index (χ3v) is 9.24. The third-order valence-electron chi connectivity index (χ3n) is 4.78. The van der Waals surface area contributed by atoms with Crippen molar-refractivity contribution in [3.8, 4) is 0 Å². The average Bonchev–Trinajstić information content (AvgIpc) is 3.22. The fraction of sp³-hybridized carbons (Fsp3) is 0.444. The lowest BCUT2D eigenvalue weighted by molar-refractivity contribution is -0.137. The largest absolute Gasteiger partial charge is 0.468 e. The second-order valence-electron chi connectivity index (χ2n) is 6.86. The number of methoxy groups -OCH3 is 1. The molecule has 1 fully saturated rings. The summed E-state index contributed by atoms with van der Waals surface area (Å²) < 4.78 is 32.1. The maximum Gasteiger partial charge on any atom is 0.316 e. The van der Waals surface area contributed by atoms with Crippen LogP contribution in [0.15, 0.2) is 22.5 Å². The second kappa shape index (κ2) is 11.1. The minimum atomic E-state index is -3.63. The van der Waals surface area contributed by atoms with Gasteiger partial charge in [0.25, 0.3) is 0 Å². The first-order valence-corrected chi connectivity index (χ1v) is 13.6. The summed E-state index contributed by atoms with van der Waals surface area (Å²) >= 11 is 14.5. The summed E-state index contributed by atoms with van der Waals surface area (Å²) in [4.78, 5) is 23.8. The smallest absolute Gasteiger partial charge is 0.316 e. The number of sulfonamides is 1. The van der Waals surface area contributed by atoms with Crippen molar-refractivity contribution in [2.75, 3.05) is 31.3 Å². The molecule has 32 heavy (non-hydrogen) atoms. The van der Waals surface area contributed by atoms with Gasteiger partial charge in [-0.05, 0) is 25.0 Å². The maximum absolute atomic E-state index is 12.8. The van der Waals surface area contributed by atoms with E-state index in [9.17, 15) is 18.0 Å². The standard InChI is InChI=1S/C18H20Cl2N4O5S3/c1-29-15(25)9-30-18-23-22-17(31-18)21-16(26)11-5-7-24(8-6-11)32(27,28)10-12-13(19)3-2-4-14(12)20/h2-4,11H,5-10H2,1H3,(H,21,22,26). The quantitative estimate of drug-likeness (QED) is 0.309. The van der Waals surface area contributed by atoms with Gasteiger partial charge in [-0.15, -0.1) is 10.2 Å². The highest BCUT2D eigenvalue weighted by atomic mass is 35.5. The monoisotopic (exact) mass is 538 g/mol. The fourth-order valence-electron chi connectivity index (χ4n) is 3.05. The Balaban J connectivity index is 1.52. The SMILES string of the molecule is COC(=O)CSc1nnc(NC(=O)C2CCN(S(=O)(=O)Cc3c(Cl)cccc3Cl)CC2)s1. The average molecular weight is 539 g/mol. The zero-order valence-electron chi connectivity index (χ0n) is 16.9. The number of anilines is 1. The van der Waals surface area contributed by atoms with Crippen molar-refractivity contribution in [3.63, 3.8) is 0 Å². The van der Waals surface area contributed by atoms with Gasteiger partial charge in [-0.1, -0.05) is 52.4 Å². The summed E-state index contributed by atoms with van der Waals surface area (Å²) in [6.07, 6.45) is 0.758. The lowest BCUT2D eigenvalue weighted by Crippen LogP contribution is -2.41. The molecule has 1 saturated heterocycles. The Labute approximate surface area is 203 Å². The van der Waals surface area contributed by atoms with Gasteiger partial charge in [0.05, 0.1) is 18.6 Å². The van der Waals surface area contributed by atoms with Gasteiger partial charge in [-0.2, -0.15) is 0 Å². The lowest BCUT2D eigenvalue weighted by atomic mass is 9.97. The van der Waals surface area contributed by atoms with E-state index < -0.39 is 10.0 Å². The van der Waals surface area contributed by atoms with Crippen LogP contribution >= 0.6 is 46.3 Å². The first kappa shape index (κ1) is 25.2. The van der Waals surface area contributed by atoms with Crippen LogP contribution in [0.4, 0.5) is 5.13 Å². The predicted molar refractivity (Wildman–Crippen MR) is 125 cm³/mol. The van der Waals surface area contributed by atoms with Crippen LogP contribution in [0.5, 0.6) is 0 Å². The van der Waals surface area contributed by atoms with Gasteiger partial charge in [0.2, 0.25) is 21.1 Å². The van der Waals surface area contributed by atoms with E-state index in [-0.39, 0.29) is 42.4 Å².